The quantitative estimate of drug-likeness (QED) is 0.695. The number of rotatable bonds is 8. The average Bonchev–Trinajstić information content (AvgIpc) is 2.92. The van der Waals surface area contributed by atoms with Gasteiger partial charge in [-0.1, -0.05) is 13.8 Å². The summed E-state index contributed by atoms with van der Waals surface area (Å²) in [5.41, 5.74) is 1.56. The molecule has 29 heavy (non-hydrogen) atoms. The van der Waals surface area contributed by atoms with E-state index in [0.29, 0.717) is 31.1 Å². The van der Waals surface area contributed by atoms with Crippen LogP contribution < -0.4 is 11.0 Å². The van der Waals surface area contributed by atoms with Crippen molar-refractivity contribution in [3.05, 3.63) is 39.6 Å². The van der Waals surface area contributed by atoms with Crippen molar-refractivity contribution >= 4 is 21.6 Å². The van der Waals surface area contributed by atoms with Crippen molar-refractivity contribution < 1.29 is 13.2 Å². The topological polar surface area (TPSA) is 106 Å². The van der Waals surface area contributed by atoms with Gasteiger partial charge in [0.05, 0.1) is 4.90 Å². The Morgan fingerprint density at radius 1 is 1.14 bits per heavy atom. The van der Waals surface area contributed by atoms with Gasteiger partial charge in [-0.05, 0) is 51.0 Å². The van der Waals surface area contributed by atoms with Crippen molar-refractivity contribution in [2.45, 2.75) is 59.5 Å². The van der Waals surface area contributed by atoms with E-state index in [1.165, 1.54) is 14.9 Å². The maximum atomic E-state index is 12.9. The van der Waals surface area contributed by atoms with Gasteiger partial charge in [0.25, 0.3) is 0 Å². The molecule has 0 saturated heterocycles. The standard InChI is InChI=1S/C19H29N5O4S/c1-7-22(8-2)29(27,28)16-10-13(4)14(5)17(11-16)20-18(25)12-24-19(26)23(9-3)15(6)21-24/h10-11H,7-9,12H2,1-6H3,(H,20,25). The monoisotopic (exact) mass is 423 g/mol. The van der Waals surface area contributed by atoms with E-state index in [2.05, 4.69) is 10.4 Å². The lowest BCUT2D eigenvalue weighted by Crippen LogP contribution is -2.31. The van der Waals surface area contributed by atoms with E-state index >= 15 is 0 Å². The molecule has 0 spiro atoms. The van der Waals surface area contributed by atoms with Gasteiger partial charge in [0.15, 0.2) is 0 Å². The van der Waals surface area contributed by atoms with Crippen molar-refractivity contribution in [1.29, 1.82) is 0 Å². The van der Waals surface area contributed by atoms with Crippen molar-refractivity contribution in [2.24, 2.45) is 0 Å². The third-order valence-corrected chi connectivity index (χ3v) is 7.00. The van der Waals surface area contributed by atoms with Gasteiger partial charge in [-0.25, -0.2) is 17.9 Å². The van der Waals surface area contributed by atoms with E-state index in [-0.39, 0.29) is 17.1 Å². The van der Waals surface area contributed by atoms with E-state index in [1.54, 1.807) is 40.7 Å². The summed E-state index contributed by atoms with van der Waals surface area (Å²) < 4.78 is 29.7. The number of aromatic nitrogens is 3. The van der Waals surface area contributed by atoms with Crippen LogP contribution in [0.25, 0.3) is 0 Å². The number of hydrogen-bond donors (Lipinski definition) is 1. The Kier molecular flexibility index (Phi) is 7.02. The molecule has 0 fully saturated rings. The van der Waals surface area contributed by atoms with Crippen LogP contribution in [0.4, 0.5) is 5.69 Å². The summed E-state index contributed by atoms with van der Waals surface area (Å²) in [6.45, 7) is 11.6. The Balaban J connectivity index is 2.35. The number of nitrogens with one attached hydrogen (secondary N) is 1. The molecule has 1 heterocycles. The molecule has 0 unspecified atom stereocenters. The Bertz CT molecular complexity index is 1060. The highest BCUT2D eigenvalue weighted by Crippen LogP contribution is 2.26. The number of benzene rings is 1. The fourth-order valence-electron chi connectivity index (χ4n) is 3.16. The number of amides is 1. The minimum absolute atomic E-state index is 0.128. The molecule has 10 heteroatoms. The zero-order chi connectivity index (χ0) is 21.9. The largest absolute Gasteiger partial charge is 0.346 e. The number of nitrogens with zero attached hydrogens (tertiary/aromatic N) is 4. The van der Waals surface area contributed by atoms with Crippen molar-refractivity contribution in [3.8, 4) is 0 Å². The molecular weight excluding hydrogens is 394 g/mol. The van der Waals surface area contributed by atoms with Gasteiger partial charge in [-0.2, -0.15) is 9.40 Å². The van der Waals surface area contributed by atoms with Gasteiger partial charge in [-0.15, -0.1) is 0 Å². The first-order valence-electron chi connectivity index (χ1n) is 9.62. The van der Waals surface area contributed by atoms with Gasteiger partial charge in [0.1, 0.15) is 12.4 Å². The number of sulfonamides is 1. The minimum Gasteiger partial charge on any atom is -0.324 e. The zero-order valence-electron chi connectivity index (χ0n) is 17.8. The number of carbonyl (C=O) groups excluding carboxylic acids is 1. The molecule has 1 amide bonds. The Morgan fingerprint density at radius 3 is 2.28 bits per heavy atom. The van der Waals surface area contributed by atoms with Crippen molar-refractivity contribution in [2.75, 3.05) is 18.4 Å². The first kappa shape index (κ1) is 22.8. The molecule has 160 valence electrons. The number of carbonyl (C=O) groups is 1. The van der Waals surface area contributed by atoms with E-state index in [1.807, 2.05) is 6.92 Å². The van der Waals surface area contributed by atoms with Crippen LogP contribution in [-0.2, 0) is 27.9 Å². The van der Waals surface area contributed by atoms with Crippen LogP contribution in [0.5, 0.6) is 0 Å². The highest BCUT2D eigenvalue weighted by molar-refractivity contribution is 7.89. The molecule has 0 aliphatic heterocycles. The van der Waals surface area contributed by atoms with Crippen LogP contribution in [0.3, 0.4) is 0 Å². The summed E-state index contributed by atoms with van der Waals surface area (Å²) in [5, 5.41) is 6.84. The number of aryl methyl sites for hydroxylation is 2. The number of anilines is 1. The lowest BCUT2D eigenvalue weighted by atomic mass is 10.1. The third-order valence-electron chi connectivity index (χ3n) is 4.98. The van der Waals surface area contributed by atoms with E-state index in [0.717, 1.165) is 15.8 Å². The van der Waals surface area contributed by atoms with Gasteiger partial charge in [-0.3, -0.25) is 9.36 Å². The second-order valence-corrected chi connectivity index (χ2v) is 8.72. The molecule has 0 bridgehead atoms. The molecule has 9 nitrogen and oxygen atoms in total. The second kappa shape index (κ2) is 8.91. The highest BCUT2D eigenvalue weighted by Gasteiger charge is 2.23. The highest BCUT2D eigenvalue weighted by atomic mass is 32.2. The van der Waals surface area contributed by atoms with Crippen LogP contribution in [0.2, 0.25) is 0 Å². The first-order chi connectivity index (χ1) is 13.6. The Morgan fingerprint density at radius 2 is 1.76 bits per heavy atom. The SMILES string of the molecule is CCN(CC)S(=O)(=O)c1cc(C)c(C)c(NC(=O)Cn2nc(C)n(CC)c2=O)c1. The van der Waals surface area contributed by atoms with Crippen molar-refractivity contribution in [1.82, 2.24) is 18.7 Å². The molecule has 1 aromatic carbocycles. The third kappa shape index (κ3) is 4.59. The van der Waals surface area contributed by atoms with Gasteiger partial charge in [0.2, 0.25) is 15.9 Å². The zero-order valence-corrected chi connectivity index (χ0v) is 18.6. The van der Waals surface area contributed by atoms with Gasteiger partial charge >= 0.3 is 5.69 Å². The summed E-state index contributed by atoms with van der Waals surface area (Å²) in [4.78, 5) is 24.9. The van der Waals surface area contributed by atoms with Gasteiger partial charge in [0, 0.05) is 25.3 Å². The molecule has 0 atom stereocenters. The van der Waals surface area contributed by atoms with Gasteiger partial charge < -0.3 is 5.32 Å². The molecule has 0 radical (unpaired) electrons. The lowest BCUT2D eigenvalue weighted by Gasteiger charge is -2.20. The van der Waals surface area contributed by atoms with E-state index in [4.69, 9.17) is 0 Å². The van der Waals surface area contributed by atoms with Crippen LogP contribution >= 0.6 is 0 Å². The molecule has 1 N–H and O–H groups in total. The maximum Gasteiger partial charge on any atom is 0.346 e. The molecule has 0 saturated carbocycles. The van der Waals surface area contributed by atoms with Crippen molar-refractivity contribution in [3.63, 3.8) is 0 Å². The minimum atomic E-state index is -3.66. The summed E-state index contributed by atoms with van der Waals surface area (Å²) in [5.74, 6) is 0.0809. The van der Waals surface area contributed by atoms with Crippen LogP contribution in [0.15, 0.2) is 21.8 Å². The molecular formula is C19H29N5O4S. The van der Waals surface area contributed by atoms with Crippen LogP contribution in [0, 0.1) is 20.8 Å². The summed E-state index contributed by atoms with van der Waals surface area (Å²) in [7, 11) is -3.66. The second-order valence-electron chi connectivity index (χ2n) is 6.78. The summed E-state index contributed by atoms with van der Waals surface area (Å²) in [6, 6.07) is 3.07. The predicted octanol–water partition coefficient (Wildman–Crippen LogP) is 1.66. The normalized spacial score (nSPS) is 11.8. The molecule has 0 aliphatic carbocycles. The summed E-state index contributed by atoms with van der Waals surface area (Å²) >= 11 is 0. The fraction of sp³-hybridized carbons (Fsp3) is 0.526. The molecule has 1 aromatic heterocycles. The maximum absolute atomic E-state index is 12.9. The van der Waals surface area contributed by atoms with E-state index < -0.39 is 15.9 Å². The molecule has 2 aromatic rings. The molecule has 0 aliphatic rings. The predicted molar refractivity (Wildman–Crippen MR) is 112 cm³/mol. The average molecular weight is 424 g/mol. The van der Waals surface area contributed by atoms with Crippen LogP contribution in [0.1, 0.15) is 37.7 Å². The number of hydrogen-bond acceptors (Lipinski definition) is 5. The molecule has 2 rings (SSSR count). The lowest BCUT2D eigenvalue weighted by molar-refractivity contribution is -0.117. The van der Waals surface area contributed by atoms with Crippen LogP contribution in [-0.4, -0.2) is 46.1 Å². The first-order valence-corrected chi connectivity index (χ1v) is 11.1. The smallest absolute Gasteiger partial charge is 0.324 e. The Labute approximate surface area is 171 Å². The fourth-order valence-corrected chi connectivity index (χ4v) is 4.73. The van der Waals surface area contributed by atoms with E-state index in [9.17, 15) is 18.0 Å². The Hall–Kier alpha value is -2.46. The summed E-state index contributed by atoms with van der Waals surface area (Å²) in [6.07, 6.45) is 0.